The van der Waals surface area contributed by atoms with E-state index < -0.39 is 0 Å². The minimum absolute atomic E-state index is 0.0186. The second-order valence-corrected chi connectivity index (χ2v) is 5.56. The van der Waals surface area contributed by atoms with Crippen molar-refractivity contribution in [3.8, 4) is 0 Å². The van der Waals surface area contributed by atoms with Crippen molar-refractivity contribution < 1.29 is 4.79 Å². The molecule has 3 heteroatoms. The van der Waals surface area contributed by atoms with Crippen LogP contribution in [-0.2, 0) is 4.79 Å². The van der Waals surface area contributed by atoms with Gasteiger partial charge >= 0.3 is 0 Å². The van der Waals surface area contributed by atoms with Gasteiger partial charge in [-0.1, -0.05) is 42.5 Å². The van der Waals surface area contributed by atoms with Gasteiger partial charge in [0.1, 0.15) is 5.94 Å². The summed E-state index contributed by atoms with van der Waals surface area (Å²) in [5.41, 5.74) is 6.05. The van der Waals surface area contributed by atoms with Crippen molar-refractivity contribution in [3.63, 3.8) is 0 Å². The van der Waals surface area contributed by atoms with E-state index in [1.165, 1.54) is 28.3 Å². The molecule has 0 aliphatic carbocycles. The Morgan fingerprint density at radius 2 is 2.00 bits per heavy atom. The van der Waals surface area contributed by atoms with Crippen molar-refractivity contribution in [1.82, 2.24) is 5.01 Å². The predicted octanol–water partition coefficient (Wildman–Crippen LogP) is 3.43. The summed E-state index contributed by atoms with van der Waals surface area (Å²) in [6.45, 7) is 4.68. The van der Waals surface area contributed by atoms with Gasteiger partial charge in [-0.25, -0.2) is 4.79 Å². The Bertz CT molecular complexity index is 773. The number of fused-ring (bicyclic) bond motifs is 1. The number of aryl methyl sites for hydroxylation is 2. The van der Waals surface area contributed by atoms with E-state index in [2.05, 4.69) is 49.3 Å². The highest BCUT2D eigenvalue weighted by Gasteiger charge is 2.25. The van der Waals surface area contributed by atoms with Crippen LogP contribution < -0.4 is 0 Å². The third-order valence-electron chi connectivity index (χ3n) is 4.14. The largest absolute Gasteiger partial charge is 0.280 e. The van der Waals surface area contributed by atoms with E-state index in [0.717, 1.165) is 5.56 Å². The van der Waals surface area contributed by atoms with Crippen molar-refractivity contribution in [2.75, 3.05) is 6.54 Å². The fourth-order valence-corrected chi connectivity index (χ4v) is 2.81. The molecule has 1 unspecified atom stereocenters. The first-order chi connectivity index (χ1) is 10.7. The van der Waals surface area contributed by atoms with Gasteiger partial charge in [0.2, 0.25) is 0 Å². The second-order valence-electron chi connectivity index (χ2n) is 5.56. The lowest BCUT2D eigenvalue weighted by molar-refractivity contribution is 0.260. The number of carbonyl (C=O) groups excluding carboxylic acids is 1. The maximum atomic E-state index is 10.6. The summed E-state index contributed by atoms with van der Waals surface area (Å²) in [4.78, 5) is 10.6. The lowest BCUT2D eigenvalue weighted by Gasteiger charge is -2.33. The van der Waals surface area contributed by atoms with Crippen molar-refractivity contribution in [2.45, 2.75) is 19.9 Å². The van der Waals surface area contributed by atoms with E-state index in [9.17, 15) is 4.79 Å². The van der Waals surface area contributed by atoms with Crippen LogP contribution in [0.5, 0.6) is 0 Å². The first kappa shape index (κ1) is 14.3. The number of benzene rings is 2. The normalized spacial score (nSPS) is 16.1. The summed E-state index contributed by atoms with van der Waals surface area (Å²) < 4.78 is 0. The molecule has 0 fully saturated rings. The van der Waals surface area contributed by atoms with E-state index in [4.69, 9.17) is 0 Å². The van der Waals surface area contributed by atoms with E-state index in [-0.39, 0.29) is 6.04 Å². The third-order valence-corrected chi connectivity index (χ3v) is 4.14. The maximum absolute atomic E-state index is 10.6. The highest BCUT2D eigenvalue weighted by Crippen LogP contribution is 2.34. The zero-order valence-corrected chi connectivity index (χ0v) is 12.8. The van der Waals surface area contributed by atoms with Crippen LogP contribution in [0.1, 0.15) is 33.9 Å². The molecule has 0 spiro atoms. The van der Waals surface area contributed by atoms with Crippen LogP contribution in [0.15, 0.2) is 53.6 Å². The van der Waals surface area contributed by atoms with Crippen molar-refractivity contribution in [1.29, 1.82) is 0 Å². The Hall–Kier alpha value is -2.64. The fourth-order valence-electron chi connectivity index (χ4n) is 2.81. The Morgan fingerprint density at radius 1 is 1.18 bits per heavy atom. The van der Waals surface area contributed by atoms with Crippen LogP contribution in [-0.4, -0.2) is 23.7 Å². The van der Waals surface area contributed by atoms with Crippen LogP contribution in [0.25, 0.3) is 0 Å². The van der Waals surface area contributed by atoms with Gasteiger partial charge in [0.25, 0.3) is 0 Å². The molecule has 0 radical (unpaired) electrons. The van der Waals surface area contributed by atoms with Crippen LogP contribution in [0.4, 0.5) is 0 Å². The van der Waals surface area contributed by atoms with E-state index in [1.807, 2.05) is 29.3 Å². The van der Waals surface area contributed by atoms with E-state index >= 15 is 0 Å². The zero-order valence-electron chi connectivity index (χ0n) is 12.8. The molecule has 110 valence electrons. The highest BCUT2D eigenvalue weighted by molar-refractivity contribution is 5.83. The van der Waals surface area contributed by atoms with E-state index in [1.54, 1.807) is 0 Å². The van der Waals surface area contributed by atoms with Gasteiger partial charge in [-0.2, -0.15) is 5.10 Å². The molecule has 0 saturated carbocycles. The highest BCUT2D eigenvalue weighted by atomic mass is 16.1. The average molecular weight is 290 g/mol. The summed E-state index contributed by atoms with van der Waals surface area (Å²) >= 11 is 0. The number of hydrazone groups is 1. The number of rotatable bonds is 3. The Morgan fingerprint density at radius 3 is 2.77 bits per heavy atom. The molecule has 0 bridgehead atoms. The molecule has 0 amide bonds. The Kier molecular flexibility index (Phi) is 3.90. The first-order valence-electron chi connectivity index (χ1n) is 7.37. The maximum Gasteiger partial charge on any atom is 0.121 e. The number of hydrogen-bond acceptors (Lipinski definition) is 3. The summed E-state index contributed by atoms with van der Waals surface area (Å²) in [5.74, 6) is 1.84. The summed E-state index contributed by atoms with van der Waals surface area (Å²) in [6, 6.07) is 14.8. The van der Waals surface area contributed by atoms with Gasteiger partial charge in [-0.3, -0.25) is 5.01 Å². The lowest BCUT2D eigenvalue weighted by Crippen LogP contribution is -2.29. The van der Waals surface area contributed by atoms with Gasteiger partial charge in [-0.05, 0) is 36.1 Å². The SMILES string of the molecule is Cc1ccc(C2c3ccccc3C=NN2CC=C=O)cc1C. The third kappa shape index (κ3) is 2.59. The molecule has 1 heterocycles. The van der Waals surface area contributed by atoms with Crippen molar-refractivity contribution in [3.05, 3.63) is 76.4 Å². The zero-order chi connectivity index (χ0) is 15.5. The quantitative estimate of drug-likeness (QED) is 0.811. The molecule has 1 aliphatic heterocycles. The van der Waals surface area contributed by atoms with Gasteiger partial charge in [-0.15, -0.1) is 0 Å². The van der Waals surface area contributed by atoms with Crippen LogP contribution in [0.2, 0.25) is 0 Å². The van der Waals surface area contributed by atoms with Crippen LogP contribution in [0.3, 0.4) is 0 Å². The minimum atomic E-state index is 0.0186. The molecule has 2 aromatic rings. The van der Waals surface area contributed by atoms with Gasteiger partial charge in [0, 0.05) is 11.6 Å². The standard InChI is InChI=1S/C19H18N2O/c1-14-8-9-16(12-15(14)2)19-18-7-4-3-6-17(18)13-20-21(19)10-5-11-22/h3-9,12-13,19H,10H2,1-2H3. The number of hydrogen-bond donors (Lipinski definition) is 0. The molecule has 3 rings (SSSR count). The fraction of sp³-hybridized carbons (Fsp3) is 0.211. The monoisotopic (exact) mass is 290 g/mol. The number of nitrogens with zero attached hydrogens (tertiary/aromatic N) is 2. The molecule has 0 saturated heterocycles. The van der Waals surface area contributed by atoms with Crippen molar-refractivity contribution >= 4 is 12.2 Å². The first-order valence-corrected chi connectivity index (χ1v) is 7.37. The lowest BCUT2D eigenvalue weighted by atomic mass is 9.91. The summed E-state index contributed by atoms with van der Waals surface area (Å²) in [7, 11) is 0. The van der Waals surface area contributed by atoms with Crippen LogP contribution >= 0.6 is 0 Å². The molecule has 1 aliphatic rings. The van der Waals surface area contributed by atoms with Gasteiger partial charge < -0.3 is 0 Å². The van der Waals surface area contributed by atoms with Gasteiger partial charge in [0.05, 0.1) is 18.8 Å². The van der Waals surface area contributed by atoms with Crippen molar-refractivity contribution in [2.24, 2.45) is 5.10 Å². The predicted molar refractivity (Wildman–Crippen MR) is 88.8 cm³/mol. The van der Waals surface area contributed by atoms with E-state index in [0.29, 0.717) is 6.54 Å². The van der Waals surface area contributed by atoms with Crippen LogP contribution in [0, 0.1) is 13.8 Å². The molecular formula is C19H18N2O. The second kappa shape index (κ2) is 6.00. The molecule has 3 nitrogen and oxygen atoms in total. The summed E-state index contributed by atoms with van der Waals surface area (Å²) in [5, 5.41) is 6.44. The average Bonchev–Trinajstić information content (AvgIpc) is 2.55. The topological polar surface area (TPSA) is 32.7 Å². The Balaban J connectivity index is 2.11. The molecule has 0 aromatic heterocycles. The van der Waals surface area contributed by atoms with Gasteiger partial charge in [0.15, 0.2) is 0 Å². The molecule has 0 N–H and O–H groups in total. The minimum Gasteiger partial charge on any atom is -0.280 e. The molecular weight excluding hydrogens is 272 g/mol. The smallest absolute Gasteiger partial charge is 0.121 e. The molecule has 1 atom stereocenters. The molecule has 2 aromatic carbocycles. The molecule has 22 heavy (non-hydrogen) atoms. The Labute approximate surface area is 130 Å². The summed E-state index contributed by atoms with van der Waals surface area (Å²) in [6.07, 6.45) is 3.32.